The second-order valence-corrected chi connectivity index (χ2v) is 9.89. The van der Waals surface area contributed by atoms with Crippen molar-refractivity contribution < 1.29 is 33.7 Å². The molecule has 0 radical (unpaired) electrons. The van der Waals surface area contributed by atoms with Crippen LogP contribution >= 0.6 is 0 Å². The number of carboxylic acids is 1. The Bertz CT molecular complexity index is 1310. The number of aromatic nitrogens is 1. The second kappa shape index (κ2) is 12.1. The van der Waals surface area contributed by atoms with Crippen LogP contribution < -0.4 is 9.47 Å². The zero-order valence-electron chi connectivity index (χ0n) is 22.2. The number of hydrogen-bond donors (Lipinski definition) is 2. The van der Waals surface area contributed by atoms with Crippen molar-refractivity contribution >= 4 is 11.9 Å². The number of methoxy groups -OCH3 is 1. The van der Waals surface area contributed by atoms with Gasteiger partial charge in [-0.2, -0.15) is 0 Å². The van der Waals surface area contributed by atoms with E-state index in [2.05, 4.69) is 4.98 Å². The summed E-state index contributed by atoms with van der Waals surface area (Å²) in [5, 5.41) is 19.0. The maximum Gasteiger partial charge on any atom is 0.343 e. The first kappa shape index (κ1) is 28.7. The van der Waals surface area contributed by atoms with Crippen LogP contribution in [0.4, 0.5) is 4.39 Å². The Labute approximate surface area is 221 Å². The van der Waals surface area contributed by atoms with E-state index in [-0.39, 0.29) is 23.6 Å². The number of aliphatic carboxylic acids is 1. The molecule has 2 N–H and O–H groups in total. The maximum absolute atomic E-state index is 14.8. The van der Waals surface area contributed by atoms with Crippen LogP contribution in [0.15, 0.2) is 54.7 Å². The molecule has 0 saturated carbocycles. The molecule has 0 aliphatic carbocycles. The average Bonchev–Trinajstić information content (AvgIpc) is 2.89. The number of esters is 1. The summed E-state index contributed by atoms with van der Waals surface area (Å²) in [6.45, 7) is 5.56. The Morgan fingerprint density at radius 3 is 2.53 bits per heavy atom. The predicted octanol–water partition coefficient (Wildman–Crippen LogP) is 4.58. The highest BCUT2D eigenvalue weighted by molar-refractivity contribution is 5.92. The van der Waals surface area contributed by atoms with Gasteiger partial charge >= 0.3 is 11.9 Å². The number of pyridine rings is 1. The van der Waals surface area contributed by atoms with Gasteiger partial charge in [-0.3, -0.25) is 9.69 Å². The van der Waals surface area contributed by atoms with Gasteiger partial charge in [0.25, 0.3) is 0 Å². The van der Waals surface area contributed by atoms with Gasteiger partial charge in [-0.05, 0) is 68.3 Å². The number of halogens is 1. The molecular formula is C29H33FN2O6. The smallest absolute Gasteiger partial charge is 0.343 e. The SMILES string of the molecule is COc1cc(-c2ccc(C(=O)Oc3cccc(CC(C)C(=O)O)c3)cc2CN(C)C(C)(C)CO)c(F)cn1. The molecule has 1 atom stereocenters. The van der Waals surface area contributed by atoms with Crippen LogP contribution in [0.5, 0.6) is 11.6 Å². The van der Waals surface area contributed by atoms with Gasteiger partial charge in [0.1, 0.15) is 11.6 Å². The normalized spacial score (nSPS) is 12.3. The summed E-state index contributed by atoms with van der Waals surface area (Å²) >= 11 is 0. The van der Waals surface area contributed by atoms with Crippen LogP contribution in [0.2, 0.25) is 0 Å². The van der Waals surface area contributed by atoms with Crippen molar-refractivity contribution in [1.29, 1.82) is 0 Å². The van der Waals surface area contributed by atoms with Gasteiger partial charge < -0.3 is 19.7 Å². The number of likely N-dealkylation sites (N-methyl/N-ethyl adjacent to an activating group) is 1. The molecule has 9 heteroatoms. The van der Waals surface area contributed by atoms with E-state index in [1.165, 1.54) is 13.2 Å². The molecule has 38 heavy (non-hydrogen) atoms. The number of ether oxygens (including phenoxy) is 2. The first-order chi connectivity index (χ1) is 17.9. The van der Waals surface area contributed by atoms with Crippen LogP contribution in [-0.4, -0.2) is 58.3 Å². The largest absolute Gasteiger partial charge is 0.481 e. The third-order valence-electron chi connectivity index (χ3n) is 6.57. The predicted molar refractivity (Wildman–Crippen MR) is 141 cm³/mol. The van der Waals surface area contributed by atoms with Crippen LogP contribution in [0.1, 0.15) is 42.3 Å². The Hall–Kier alpha value is -3.82. The summed E-state index contributed by atoms with van der Waals surface area (Å²) in [5.41, 5.74) is 1.86. The monoisotopic (exact) mass is 524 g/mol. The van der Waals surface area contributed by atoms with E-state index in [9.17, 15) is 24.2 Å². The first-order valence-electron chi connectivity index (χ1n) is 12.1. The van der Waals surface area contributed by atoms with Gasteiger partial charge in [0.05, 0.1) is 31.4 Å². The number of aliphatic hydroxyl groups excluding tert-OH is 1. The standard InChI is InChI=1S/C29H33FN2O6/c1-18(27(34)35)11-19-7-6-8-22(12-19)38-28(36)20-9-10-23(24-14-26(37-5)31-15-25(24)30)21(13-20)16-32(4)29(2,3)17-33/h6-10,12-15,18,33H,11,16-17H2,1-5H3,(H,34,35). The molecule has 0 spiro atoms. The molecule has 2 aromatic carbocycles. The molecule has 1 aromatic heterocycles. The van der Waals surface area contributed by atoms with Crippen molar-refractivity contribution in [2.45, 2.75) is 39.3 Å². The van der Waals surface area contributed by atoms with Crippen LogP contribution in [0, 0.1) is 11.7 Å². The van der Waals surface area contributed by atoms with Gasteiger partial charge in [-0.25, -0.2) is 14.2 Å². The summed E-state index contributed by atoms with van der Waals surface area (Å²) < 4.78 is 25.6. The number of benzene rings is 2. The van der Waals surface area contributed by atoms with Crippen molar-refractivity contribution in [1.82, 2.24) is 9.88 Å². The highest BCUT2D eigenvalue weighted by Crippen LogP contribution is 2.31. The van der Waals surface area contributed by atoms with E-state index in [0.717, 1.165) is 11.8 Å². The molecule has 0 saturated heterocycles. The van der Waals surface area contributed by atoms with Crippen LogP contribution in [-0.2, 0) is 17.8 Å². The summed E-state index contributed by atoms with van der Waals surface area (Å²) in [4.78, 5) is 30.1. The first-order valence-corrected chi connectivity index (χ1v) is 12.1. The van der Waals surface area contributed by atoms with Gasteiger partial charge in [-0.1, -0.05) is 25.1 Å². The Balaban J connectivity index is 1.96. The molecule has 0 aliphatic rings. The number of aliphatic hydroxyl groups is 1. The fourth-order valence-electron chi connectivity index (χ4n) is 3.78. The maximum atomic E-state index is 14.8. The minimum Gasteiger partial charge on any atom is -0.481 e. The molecule has 1 unspecified atom stereocenters. The summed E-state index contributed by atoms with van der Waals surface area (Å²) in [6, 6.07) is 13.1. The highest BCUT2D eigenvalue weighted by Gasteiger charge is 2.25. The summed E-state index contributed by atoms with van der Waals surface area (Å²) in [7, 11) is 3.27. The van der Waals surface area contributed by atoms with E-state index in [1.807, 2.05) is 25.8 Å². The molecule has 8 nitrogen and oxygen atoms in total. The van der Waals surface area contributed by atoms with Crippen molar-refractivity contribution in [3.8, 4) is 22.8 Å². The lowest BCUT2D eigenvalue weighted by molar-refractivity contribution is -0.141. The lowest BCUT2D eigenvalue weighted by Gasteiger charge is -2.34. The molecule has 1 heterocycles. The van der Waals surface area contributed by atoms with Crippen molar-refractivity contribution in [2.24, 2.45) is 5.92 Å². The number of carboxylic acid groups (broad SMARTS) is 1. The molecule has 0 aliphatic heterocycles. The molecule has 202 valence electrons. The van der Waals surface area contributed by atoms with Crippen molar-refractivity contribution in [3.63, 3.8) is 0 Å². The number of nitrogens with zero attached hydrogens (tertiary/aromatic N) is 2. The topological polar surface area (TPSA) is 109 Å². The lowest BCUT2D eigenvalue weighted by atomic mass is 9.95. The Morgan fingerprint density at radius 2 is 1.87 bits per heavy atom. The minimum absolute atomic E-state index is 0.102. The van der Waals surface area contributed by atoms with E-state index >= 15 is 0 Å². The Morgan fingerprint density at radius 1 is 1.13 bits per heavy atom. The molecule has 0 amide bonds. The molecular weight excluding hydrogens is 491 g/mol. The Kier molecular flexibility index (Phi) is 9.19. The molecule has 0 fully saturated rings. The average molecular weight is 525 g/mol. The summed E-state index contributed by atoms with van der Waals surface area (Å²) in [5.74, 6) is -2.10. The van der Waals surface area contributed by atoms with Crippen LogP contribution in [0.3, 0.4) is 0 Å². The fourth-order valence-corrected chi connectivity index (χ4v) is 3.78. The molecule has 3 rings (SSSR count). The van der Waals surface area contributed by atoms with Gasteiger partial charge in [-0.15, -0.1) is 0 Å². The van der Waals surface area contributed by atoms with Crippen molar-refractivity contribution in [2.75, 3.05) is 20.8 Å². The van der Waals surface area contributed by atoms with E-state index in [0.29, 0.717) is 29.8 Å². The number of rotatable bonds is 11. The lowest BCUT2D eigenvalue weighted by Crippen LogP contribution is -2.43. The van der Waals surface area contributed by atoms with Crippen molar-refractivity contribution in [3.05, 3.63) is 77.2 Å². The fraction of sp³-hybridized carbons (Fsp3) is 0.345. The third kappa shape index (κ3) is 6.93. The number of hydrogen-bond acceptors (Lipinski definition) is 7. The summed E-state index contributed by atoms with van der Waals surface area (Å²) in [6.07, 6.45) is 1.38. The third-order valence-corrected chi connectivity index (χ3v) is 6.57. The van der Waals surface area contributed by atoms with E-state index in [4.69, 9.17) is 9.47 Å². The number of carbonyl (C=O) groups is 2. The van der Waals surface area contributed by atoms with Gasteiger partial charge in [0, 0.05) is 23.7 Å². The number of carbonyl (C=O) groups excluding carboxylic acids is 1. The highest BCUT2D eigenvalue weighted by atomic mass is 19.1. The molecule has 0 bridgehead atoms. The van der Waals surface area contributed by atoms with E-state index in [1.54, 1.807) is 49.4 Å². The zero-order valence-corrected chi connectivity index (χ0v) is 22.2. The minimum atomic E-state index is -0.905. The second-order valence-electron chi connectivity index (χ2n) is 9.89. The van der Waals surface area contributed by atoms with Gasteiger partial charge in [0.2, 0.25) is 5.88 Å². The quantitative estimate of drug-likeness (QED) is 0.277. The molecule has 3 aromatic rings. The van der Waals surface area contributed by atoms with E-state index < -0.39 is 29.2 Å². The zero-order chi connectivity index (χ0) is 28.0. The van der Waals surface area contributed by atoms with Crippen LogP contribution in [0.25, 0.3) is 11.1 Å². The van der Waals surface area contributed by atoms with Gasteiger partial charge in [0.15, 0.2) is 0 Å².